The van der Waals surface area contributed by atoms with Gasteiger partial charge in [-0.1, -0.05) is 6.92 Å². The molecule has 0 aliphatic heterocycles. The normalized spacial score (nSPS) is 9.93. The van der Waals surface area contributed by atoms with Crippen molar-refractivity contribution in [2.45, 2.75) is 13.3 Å². The SMILES string of the molecule is CCCOc1ccc(N)c(O)c1C(N)=O. The molecule has 0 saturated carbocycles. The molecule has 0 saturated heterocycles. The fourth-order valence-corrected chi connectivity index (χ4v) is 1.16. The lowest BCUT2D eigenvalue weighted by Gasteiger charge is -2.11. The van der Waals surface area contributed by atoms with E-state index in [0.717, 1.165) is 6.42 Å². The summed E-state index contributed by atoms with van der Waals surface area (Å²) in [6.07, 6.45) is 0.795. The van der Waals surface area contributed by atoms with E-state index in [-0.39, 0.29) is 22.7 Å². The Bertz CT molecular complexity index is 377. The summed E-state index contributed by atoms with van der Waals surface area (Å²) in [5, 5.41) is 9.54. The molecule has 0 aromatic heterocycles. The third-order valence-corrected chi connectivity index (χ3v) is 1.88. The second-order valence-electron chi connectivity index (χ2n) is 3.09. The quantitative estimate of drug-likeness (QED) is 0.507. The smallest absolute Gasteiger partial charge is 0.256 e. The Morgan fingerprint density at radius 2 is 2.20 bits per heavy atom. The van der Waals surface area contributed by atoms with Crippen LogP contribution in [0.2, 0.25) is 0 Å². The summed E-state index contributed by atoms with van der Waals surface area (Å²) < 4.78 is 5.27. The van der Waals surface area contributed by atoms with Gasteiger partial charge in [-0.2, -0.15) is 0 Å². The molecule has 0 unspecified atom stereocenters. The molecular formula is C10H14N2O3. The number of amides is 1. The van der Waals surface area contributed by atoms with Gasteiger partial charge >= 0.3 is 0 Å². The molecule has 0 bridgehead atoms. The Hall–Kier alpha value is -1.91. The van der Waals surface area contributed by atoms with E-state index in [1.807, 2.05) is 6.92 Å². The standard InChI is InChI=1S/C10H14N2O3/c1-2-5-15-7-4-3-6(11)9(13)8(7)10(12)14/h3-4,13H,2,5,11H2,1H3,(H2,12,14). The van der Waals surface area contributed by atoms with Crippen molar-refractivity contribution >= 4 is 11.6 Å². The van der Waals surface area contributed by atoms with Crippen LogP contribution in [0.4, 0.5) is 5.69 Å². The fraction of sp³-hybridized carbons (Fsp3) is 0.300. The van der Waals surface area contributed by atoms with Crippen molar-refractivity contribution in [2.24, 2.45) is 5.73 Å². The van der Waals surface area contributed by atoms with Crippen LogP contribution in [0.5, 0.6) is 11.5 Å². The first-order valence-electron chi connectivity index (χ1n) is 4.62. The first-order valence-corrected chi connectivity index (χ1v) is 4.62. The summed E-state index contributed by atoms with van der Waals surface area (Å²) in [6.45, 7) is 2.38. The summed E-state index contributed by atoms with van der Waals surface area (Å²) in [4.78, 5) is 11.1. The molecule has 0 fully saturated rings. The molecule has 1 aromatic carbocycles. The molecule has 5 nitrogen and oxygen atoms in total. The number of hydrogen-bond donors (Lipinski definition) is 3. The number of aromatic hydroxyl groups is 1. The molecule has 1 aromatic rings. The number of rotatable bonds is 4. The summed E-state index contributed by atoms with van der Waals surface area (Å²) in [7, 11) is 0. The molecule has 0 atom stereocenters. The third kappa shape index (κ3) is 2.31. The highest BCUT2D eigenvalue weighted by molar-refractivity contribution is 6.00. The first kappa shape index (κ1) is 11.2. The number of nitrogens with two attached hydrogens (primary N) is 2. The number of carbonyl (C=O) groups excluding carboxylic acids is 1. The molecule has 1 amide bonds. The molecule has 1 rings (SSSR count). The van der Waals surface area contributed by atoms with Crippen LogP contribution in [0.3, 0.4) is 0 Å². The van der Waals surface area contributed by atoms with Crippen LogP contribution < -0.4 is 16.2 Å². The lowest BCUT2D eigenvalue weighted by atomic mass is 10.1. The number of ether oxygens (including phenoxy) is 1. The second-order valence-corrected chi connectivity index (χ2v) is 3.09. The lowest BCUT2D eigenvalue weighted by Crippen LogP contribution is -2.14. The third-order valence-electron chi connectivity index (χ3n) is 1.88. The summed E-state index contributed by atoms with van der Waals surface area (Å²) >= 11 is 0. The maximum atomic E-state index is 11.1. The minimum Gasteiger partial charge on any atom is -0.505 e. The Balaban J connectivity index is 3.15. The van der Waals surface area contributed by atoms with E-state index in [4.69, 9.17) is 16.2 Å². The van der Waals surface area contributed by atoms with Gasteiger partial charge in [-0.25, -0.2) is 0 Å². The average Bonchev–Trinajstić information content (AvgIpc) is 2.19. The Morgan fingerprint density at radius 3 is 2.73 bits per heavy atom. The van der Waals surface area contributed by atoms with Crippen LogP contribution in [0.25, 0.3) is 0 Å². The van der Waals surface area contributed by atoms with Crippen molar-refractivity contribution < 1.29 is 14.6 Å². The zero-order valence-corrected chi connectivity index (χ0v) is 8.49. The molecular weight excluding hydrogens is 196 g/mol. The van der Waals surface area contributed by atoms with Gasteiger partial charge in [0.1, 0.15) is 11.3 Å². The van der Waals surface area contributed by atoms with Crippen LogP contribution >= 0.6 is 0 Å². The number of carbonyl (C=O) groups is 1. The second kappa shape index (κ2) is 4.54. The molecule has 15 heavy (non-hydrogen) atoms. The van der Waals surface area contributed by atoms with Crippen LogP contribution in [-0.2, 0) is 0 Å². The Labute approximate surface area is 87.6 Å². The Morgan fingerprint density at radius 1 is 1.53 bits per heavy atom. The monoisotopic (exact) mass is 210 g/mol. The van der Waals surface area contributed by atoms with Gasteiger partial charge in [0.05, 0.1) is 12.3 Å². The predicted molar refractivity (Wildman–Crippen MR) is 56.8 cm³/mol. The number of anilines is 1. The van der Waals surface area contributed by atoms with E-state index in [0.29, 0.717) is 6.61 Å². The first-order chi connectivity index (χ1) is 7.07. The maximum Gasteiger partial charge on any atom is 0.256 e. The maximum absolute atomic E-state index is 11.1. The van der Waals surface area contributed by atoms with Gasteiger partial charge in [0.2, 0.25) is 0 Å². The predicted octanol–water partition coefficient (Wildman–Crippen LogP) is 0.862. The number of benzene rings is 1. The van der Waals surface area contributed by atoms with E-state index in [9.17, 15) is 9.90 Å². The average molecular weight is 210 g/mol. The summed E-state index contributed by atoms with van der Waals surface area (Å²) in [5.41, 5.74) is 10.6. The minimum atomic E-state index is -0.758. The lowest BCUT2D eigenvalue weighted by molar-refractivity contribution is 0.0993. The van der Waals surface area contributed by atoms with E-state index in [1.54, 1.807) is 0 Å². The largest absolute Gasteiger partial charge is 0.505 e. The van der Waals surface area contributed by atoms with Crippen LogP contribution in [0.1, 0.15) is 23.7 Å². The Kier molecular flexibility index (Phi) is 3.38. The van der Waals surface area contributed by atoms with Gasteiger partial charge in [0, 0.05) is 0 Å². The van der Waals surface area contributed by atoms with Crippen molar-refractivity contribution in [2.75, 3.05) is 12.3 Å². The molecule has 0 aliphatic rings. The highest BCUT2D eigenvalue weighted by Gasteiger charge is 2.16. The van der Waals surface area contributed by atoms with Crippen LogP contribution in [0.15, 0.2) is 12.1 Å². The molecule has 0 spiro atoms. The van der Waals surface area contributed by atoms with Gasteiger partial charge in [-0.05, 0) is 18.6 Å². The van der Waals surface area contributed by atoms with E-state index in [2.05, 4.69) is 0 Å². The van der Waals surface area contributed by atoms with Crippen molar-refractivity contribution in [3.63, 3.8) is 0 Å². The van der Waals surface area contributed by atoms with Gasteiger partial charge < -0.3 is 21.3 Å². The zero-order chi connectivity index (χ0) is 11.4. The zero-order valence-electron chi connectivity index (χ0n) is 8.49. The van der Waals surface area contributed by atoms with E-state index >= 15 is 0 Å². The molecule has 0 radical (unpaired) electrons. The van der Waals surface area contributed by atoms with Crippen molar-refractivity contribution in [3.8, 4) is 11.5 Å². The van der Waals surface area contributed by atoms with Crippen molar-refractivity contribution in [3.05, 3.63) is 17.7 Å². The van der Waals surface area contributed by atoms with E-state index < -0.39 is 5.91 Å². The van der Waals surface area contributed by atoms with Crippen LogP contribution in [-0.4, -0.2) is 17.6 Å². The molecule has 5 heteroatoms. The highest BCUT2D eigenvalue weighted by atomic mass is 16.5. The number of hydrogen-bond acceptors (Lipinski definition) is 4. The molecule has 0 aliphatic carbocycles. The number of phenols is 1. The van der Waals surface area contributed by atoms with Gasteiger partial charge in [0.15, 0.2) is 5.75 Å². The highest BCUT2D eigenvalue weighted by Crippen LogP contribution is 2.32. The molecule has 82 valence electrons. The summed E-state index contributed by atoms with van der Waals surface area (Å²) in [5.74, 6) is -0.821. The topological polar surface area (TPSA) is 98.6 Å². The summed E-state index contributed by atoms with van der Waals surface area (Å²) in [6, 6.07) is 2.98. The fourth-order valence-electron chi connectivity index (χ4n) is 1.16. The molecule has 5 N–H and O–H groups in total. The van der Waals surface area contributed by atoms with Crippen molar-refractivity contribution in [1.29, 1.82) is 0 Å². The minimum absolute atomic E-state index is 0.0662. The van der Waals surface area contributed by atoms with Gasteiger partial charge in [-0.3, -0.25) is 4.79 Å². The van der Waals surface area contributed by atoms with Gasteiger partial charge in [-0.15, -0.1) is 0 Å². The number of primary amides is 1. The number of nitrogen functional groups attached to an aromatic ring is 1. The van der Waals surface area contributed by atoms with Gasteiger partial charge in [0.25, 0.3) is 5.91 Å². The molecule has 0 heterocycles. The van der Waals surface area contributed by atoms with E-state index in [1.165, 1.54) is 12.1 Å². The van der Waals surface area contributed by atoms with Crippen LogP contribution in [0, 0.1) is 0 Å². The van der Waals surface area contributed by atoms with Crippen molar-refractivity contribution in [1.82, 2.24) is 0 Å².